The smallest absolute Gasteiger partial charge is 0.0351 e. The molecule has 0 aliphatic rings. The van der Waals surface area contributed by atoms with Crippen LogP contribution in [0.5, 0.6) is 0 Å². The van der Waals surface area contributed by atoms with Crippen molar-refractivity contribution in [2.24, 2.45) is 0 Å². The fourth-order valence-corrected chi connectivity index (χ4v) is 4.59. The first-order valence-electron chi connectivity index (χ1n) is 16.5. The van der Waals surface area contributed by atoms with Gasteiger partial charge in [-0.1, -0.05) is 194 Å². The zero-order chi connectivity index (χ0) is 25.2. The molecule has 0 spiro atoms. The Hall–Kier alpha value is -0.260. The molecular formula is C34H70. The molecule has 0 N–H and O–H groups in total. The summed E-state index contributed by atoms with van der Waals surface area (Å²) in [6.45, 7) is 9.13. The molecule has 0 amide bonds. The molecule has 0 aromatic carbocycles. The van der Waals surface area contributed by atoms with E-state index in [4.69, 9.17) is 0 Å². The van der Waals surface area contributed by atoms with Crippen LogP contribution in [0.3, 0.4) is 0 Å². The summed E-state index contributed by atoms with van der Waals surface area (Å²) in [7, 11) is 0. The Bertz CT molecular complexity index is 321. The Balaban J connectivity index is 0. The van der Waals surface area contributed by atoms with E-state index >= 15 is 0 Å². The van der Waals surface area contributed by atoms with Gasteiger partial charge in [0.2, 0.25) is 0 Å². The van der Waals surface area contributed by atoms with Gasteiger partial charge in [0.15, 0.2) is 0 Å². The molecule has 0 saturated carbocycles. The minimum absolute atomic E-state index is 1.31. The second-order valence-corrected chi connectivity index (χ2v) is 10.8. The lowest BCUT2D eigenvalue weighted by Gasteiger charge is -2.01. The predicted molar refractivity (Wildman–Crippen MR) is 161 cm³/mol. The van der Waals surface area contributed by atoms with E-state index in [2.05, 4.69) is 39.8 Å². The molecule has 0 radical (unpaired) electrons. The van der Waals surface area contributed by atoms with Crippen molar-refractivity contribution in [3.63, 3.8) is 0 Å². The monoisotopic (exact) mass is 479 g/mol. The third kappa shape index (κ3) is 39.0. The standard InChI is InChI=1S/C23H46.C11H24/c1-3-5-7-9-11-13-15-17-19-21-23-22-20-18-16-14-12-10-8-6-4-2;1-3-5-7-9-11-10-8-6-4-2/h17,19H,3-16,18,20-23H2,1-2H3;3-11H2,1-2H3. The van der Waals surface area contributed by atoms with E-state index in [0.29, 0.717) is 0 Å². The summed E-state index contributed by atoms with van der Waals surface area (Å²) in [5, 5.41) is 0. The summed E-state index contributed by atoms with van der Waals surface area (Å²) in [5.41, 5.74) is 0. The second kappa shape index (κ2) is 37.3. The first-order valence-corrected chi connectivity index (χ1v) is 16.5. The van der Waals surface area contributed by atoms with Crippen LogP contribution in [-0.2, 0) is 0 Å². The molecule has 0 aromatic heterocycles. The predicted octanol–water partition coefficient (Wildman–Crippen LogP) is 13.5. The van der Waals surface area contributed by atoms with Gasteiger partial charge in [-0.15, -0.1) is 0 Å². The Morgan fingerprint density at radius 1 is 0.235 bits per heavy atom. The Kier molecular flexibility index (Phi) is 39.4. The van der Waals surface area contributed by atoms with Gasteiger partial charge < -0.3 is 0 Å². The van der Waals surface area contributed by atoms with Gasteiger partial charge in [-0.05, 0) is 25.7 Å². The van der Waals surface area contributed by atoms with Crippen LogP contribution in [0.1, 0.15) is 207 Å². The van der Waals surface area contributed by atoms with E-state index < -0.39 is 0 Å². The van der Waals surface area contributed by atoms with Crippen LogP contribution >= 0.6 is 0 Å². The highest BCUT2D eigenvalue weighted by atomic mass is 14.0. The molecule has 0 fully saturated rings. The molecule has 0 heteroatoms. The summed E-state index contributed by atoms with van der Waals surface area (Å²) < 4.78 is 0. The molecule has 0 rings (SSSR count). The minimum atomic E-state index is 1.31. The molecule has 0 nitrogen and oxygen atoms in total. The van der Waals surface area contributed by atoms with Crippen molar-refractivity contribution in [2.75, 3.05) is 0 Å². The van der Waals surface area contributed by atoms with Crippen LogP contribution in [-0.4, -0.2) is 0 Å². The molecule has 206 valence electrons. The number of rotatable bonds is 27. The van der Waals surface area contributed by atoms with Gasteiger partial charge in [0.1, 0.15) is 0 Å². The van der Waals surface area contributed by atoms with E-state index in [-0.39, 0.29) is 0 Å². The maximum absolute atomic E-state index is 2.43. The van der Waals surface area contributed by atoms with Crippen LogP contribution in [0.15, 0.2) is 12.2 Å². The molecule has 34 heavy (non-hydrogen) atoms. The first-order chi connectivity index (χ1) is 16.8. The summed E-state index contributed by atoms with van der Waals surface area (Å²) in [5.74, 6) is 0. The SMILES string of the molecule is CCCCCCCCC=CCCCCCCCCCCCCC.CCCCCCCCCCC. The Labute approximate surface area is 219 Å². The number of allylic oxidation sites excluding steroid dienone is 2. The summed E-state index contributed by atoms with van der Waals surface area (Å²) >= 11 is 0. The van der Waals surface area contributed by atoms with Gasteiger partial charge in [-0.2, -0.15) is 0 Å². The van der Waals surface area contributed by atoms with E-state index in [9.17, 15) is 0 Å². The fraction of sp³-hybridized carbons (Fsp3) is 0.941. The summed E-state index contributed by atoms with van der Waals surface area (Å²) in [6.07, 6.45) is 44.9. The highest BCUT2D eigenvalue weighted by molar-refractivity contribution is 4.81. The summed E-state index contributed by atoms with van der Waals surface area (Å²) in [4.78, 5) is 0. The largest absolute Gasteiger partial charge is 0.0885 e. The van der Waals surface area contributed by atoms with Gasteiger partial charge >= 0.3 is 0 Å². The molecule has 0 saturated heterocycles. The van der Waals surface area contributed by atoms with Gasteiger partial charge in [-0.3, -0.25) is 0 Å². The molecule has 0 aliphatic heterocycles. The van der Waals surface area contributed by atoms with Crippen molar-refractivity contribution < 1.29 is 0 Å². The van der Waals surface area contributed by atoms with Crippen LogP contribution in [0, 0.1) is 0 Å². The number of unbranched alkanes of at least 4 members (excludes halogenated alkanes) is 25. The van der Waals surface area contributed by atoms with Crippen molar-refractivity contribution in [3.8, 4) is 0 Å². The van der Waals surface area contributed by atoms with Gasteiger partial charge in [-0.25, -0.2) is 0 Å². The lowest BCUT2D eigenvalue weighted by molar-refractivity contribution is 0.550. The summed E-state index contributed by atoms with van der Waals surface area (Å²) in [6, 6.07) is 0. The van der Waals surface area contributed by atoms with E-state index in [1.165, 1.54) is 180 Å². The van der Waals surface area contributed by atoms with Crippen LogP contribution in [0.2, 0.25) is 0 Å². The van der Waals surface area contributed by atoms with Crippen molar-refractivity contribution in [1.29, 1.82) is 0 Å². The topological polar surface area (TPSA) is 0 Å². The molecular weight excluding hydrogens is 408 g/mol. The number of hydrogen-bond acceptors (Lipinski definition) is 0. The third-order valence-electron chi connectivity index (χ3n) is 7.07. The third-order valence-corrected chi connectivity index (χ3v) is 7.07. The van der Waals surface area contributed by atoms with Crippen molar-refractivity contribution in [3.05, 3.63) is 12.2 Å². The maximum Gasteiger partial charge on any atom is -0.0351 e. The van der Waals surface area contributed by atoms with Gasteiger partial charge in [0.05, 0.1) is 0 Å². The van der Waals surface area contributed by atoms with Crippen molar-refractivity contribution in [1.82, 2.24) is 0 Å². The molecule has 0 bridgehead atoms. The maximum atomic E-state index is 2.43. The average Bonchev–Trinajstić information content (AvgIpc) is 2.85. The second-order valence-electron chi connectivity index (χ2n) is 10.8. The lowest BCUT2D eigenvalue weighted by atomic mass is 10.1. The molecule has 0 aromatic rings. The van der Waals surface area contributed by atoms with E-state index in [0.717, 1.165) is 0 Å². The Morgan fingerprint density at radius 3 is 0.618 bits per heavy atom. The zero-order valence-electron chi connectivity index (χ0n) is 25.0. The normalized spacial score (nSPS) is 11.2. The highest BCUT2D eigenvalue weighted by Gasteiger charge is 1.93. The lowest BCUT2D eigenvalue weighted by Crippen LogP contribution is -1.82. The minimum Gasteiger partial charge on any atom is -0.0885 e. The van der Waals surface area contributed by atoms with Crippen molar-refractivity contribution >= 4 is 0 Å². The van der Waals surface area contributed by atoms with E-state index in [1.807, 2.05) is 0 Å². The molecule has 0 atom stereocenters. The Morgan fingerprint density at radius 2 is 0.412 bits per heavy atom. The zero-order valence-corrected chi connectivity index (χ0v) is 25.0. The van der Waals surface area contributed by atoms with Gasteiger partial charge in [0.25, 0.3) is 0 Å². The number of hydrogen-bond donors (Lipinski definition) is 0. The molecule has 0 aliphatic carbocycles. The van der Waals surface area contributed by atoms with Gasteiger partial charge in [0, 0.05) is 0 Å². The van der Waals surface area contributed by atoms with Crippen molar-refractivity contribution in [2.45, 2.75) is 207 Å². The molecule has 0 unspecified atom stereocenters. The van der Waals surface area contributed by atoms with Crippen LogP contribution in [0.4, 0.5) is 0 Å². The fourth-order valence-electron chi connectivity index (χ4n) is 4.59. The van der Waals surface area contributed by atoms with Crippen LogP contribution < -0.4 is 0 Å². The van der Waals surface area contributed by atoms with E-state index in [1.54, 1.807) is 0 Å². The molecule has 0 heterocycles. The first kappa shape index (κ1) is 35.9. The average molecular weight is 479 g/mol. The highest BCUT2D eigenvalue weighted by Crippen LogP contribution is 2.13. The quantitative estimate of drug-likeness (QED) is 0.0813. The van der Waals surface area contributed by atoms with Crippen LogP contribution in [0.25, 0.3) is 0 Å².